The molecule has 0 bridgehead atoms. The van der Waals surface area contributed by atoms with E-state index in [-0.39, 0.29) is 17.9 Å². The van der Waals surface area contributed by atoms with Crippen LogP contribution in [0.1, 0.15) is 15.9 Å². The third-order valence-electron chi connectivity index (χ3n) is 4.50. The van der Waals surface area contributed by atoms with Gasteiger partial charge in [-0.25, -0.2) is 22.4 Å². The van der Waals surface area contributed by atoms with Gasteiger partial charge < -0.3 is 20.1 Å². The van der Waals surface area contributed by atoms with Crippen molar-refractivity contribution in [2.45, 2.75) is 6.61 Å². The second-order valence-electron chi connectivity index (χ2n) is 7.04. The summed E-state index contributed by atoms with van der Waals surface area (Å²) in [5.41, 5.74) is 0.0938. The van der Waals surface area contributed by atoms with Crippen molar-refractivity contribution >= 4 is 23.5 Å². The number of rotatable bonds is 9. The number of hydrogen-bond donors (Lipinski definition) is 2. The average molecular weight is 490 g/mol. The van der Waals surface area contributed by atoms with Gasteiger partial charge in [0, 0.05) is 0 Å². The molecule has 0 saturated carbocycles. The second-order valence-corrected chi connectivity index (χ2v) is 7.04. The first-order valence-electron chi connectivity index (χ1n) is 10.1. The Balaban J connectivity index is 1.48. The molecular weight excluding hydrogens is 472 g/mol. The lowest BCUT2D eigenvalue weighted by Crippen LogP contribution is -2.35. The predicted molar refractivity (Wildman–Crippen MR) is 115 cm³/mol. The van der Waals surface area contributed by atoms with Crippen LogP contribution < -0.4 is 15.4 Å². The standard InChI is InChI=1S/C24H18F4N2O5/c25-15-7-5-14(6-8-15)12-34-19-4-2-1-3-16(19)24(33)35-13-21(32)29-11-20(31)30-18-10-9-17(26)22(27)23(18)28/h1-10H,11-13H2,(H,29,32)(H,30,31). The highest BCUT2D eigenvalue weighted by Crippen LogP contribution is 2.21. The number of carbonyl (C=O) groups is 3. The zero-order valence-electron chi connectivity index (χ0n) is 17.9. The van der Waals surface area contributed by atoms with Crippen LogP contribution in [0.25, 0.3) is 0 Å². The lowest BCUT2D eigenvalue weighted by Gasteiger charge is -2.12. The molecule has 0 aromatic heterocycles. The highest BCUT2D eigenvalue weighted by Gasteiger charge is 2.17. The van der Waals surface area contributed by atoms with Crippen LogP contribution in [-0.2, 0) is 20.9 Å². The van der Waals surface area contributed by atoms with E-state index in [1.54, 1.807) is 12.1 Å². The molecule has 0 radical (unpaired) electrons. The van der Waals surface area contributed by atoms with E-state index < -0.39 is 59.9 Å². The number of amides is 2. The highest BCUT2D eigenvalue weighted by atomic mass is 19.2. The molecule has 0 aliphatic heterocycles. The minimum Gasteiger partial charge on any atom is -0.488 e. The molecule has 182 valence electrons. The third-order valence-corrected chi connectivity index (χ3v) is 4.50. The van der Waals surface area contributed by atoms with Gasteiger partial charge in [-0.2, -0.15) is 0 Å². The molecule has 3 aromatic rings. The van der Waals surface area contributed by atoms with Crippen molar-refractivity contribution in [2.75, 3.05) is 18.5 Å². The van der Waals surface area contributed by atoms with Crippen LogP contribution in [0.5, 0.6) is 5.75 Å². The first-order chi connectivity index (χ1) is 16.7. The van der Waals surface area contributed by atoms with Crippen molar-refractivity contribution in [3.05, 3.63) is 95.1 Å². The molecule has 11 heteroatoms. The monoisotopic (exact) mass is 490 g/mol. The number of benzene rings is 3. The van der Waals surface area contributed by atoms with Gasteiger partial charge in [-0.1, -0.05) is 24.3 Å². The number of ether oxygens (including phenoxy) is 2. The lowest BCUT2D eigenvalue weighted by atomic mass is 10.2. The predicted octanol–water partition coefficient (Wildman–Crippen LogP) is 3.73. The fraction of sp³-hybridized carbons (Fsp3) is 0.125. The zero-order valence-corrected chi connectivity index (χ0v) is 17.9. The summed E-state index contributed by atoms with van der Waals surface area (Å²) in [6, 6.07) is 13.2. The minimum absolute atomic E-state index is 0.0361. The Bertz CT molecular complexity index is 1240. The molecule has 0 spiro atoms. The molecule has 3 aromatic carbocycles. The molecule has 0 aliphatic carbocycles. The van der Waals surface area contributed by atoms with E-state index in [1.165, 1.54) is 36.4 Å². The molecule has 2 N–H and O–H groups in total. The van der Waals surface area contributed by atoms with Crippen LogP contribution in [-0.4, -0.2) is 30.9 Å². The Kier molecular flexibility index (Phi) is 8.38. The van der Waals surface area contributed by atoms with Crippen molar-refractivity contribution in [3.8, 4) is 5.75 Å². The summed E-state index contributed by atoms with van der Waals surface area (Å²) < 4.78 is 63.3. The summed E-state index contributed by atoms with van der Waals surface area (Å²) in [5.74, 6) is -7.61. The van der Waals surface area contributed by atoms with Gasteiger partial charge in [0.1, 0.15) is 23.7 Å². The number of esters is 1. The van der Waals surface area contributed by atoms with E-state index >= 15 is 0 Å². The maximum Gasteiger partial charge on any atom is 0.342 e. The first kappa shape index (κ1) is 25.2. The molecule has 0 unspecified atom stereocenters. The topological polar surface area (TPSA) is 93.7 Å². The van der Waals surface area contributed by atoms with Crippen LogP contribution in [0.2, 0.25) is 0 Å². The van der Waals surface area contributed by atoms with Gasteiger partial charge in [-0.05, 0) is 42.0 Å². The van der Waals surface area contributed by atoms with E-state index in [2.05, 4.69) is 5.32 Å². The summed E-state index contributed by atoms with van der Waals surface area (Å²) in [5, 5.41) is 4.12. The van der Waals surface area contributed by atoms with E-state index in [0.29, 0.717) is 11.6 Å². The van der Waals surface area contributed by atoms with Gasteiger partial charge in [0.05, 0.1) is 12.2 Å². The number of carbonyl (C=O) groups excluding carboxylic acids is 3. The number of hydrogen-bond acceptors (Lipinski definition) is 5. The smallest absolute Gasteiger partial charge is 0.342 e. The SMILES string of the molecule is O=C(COC(=O)c1ccccc1OCc1ccc(F)cc1)NCC(=O)Nc1ccc(F)c(F)c1F. The molecule has 0 fully saturated rings. The van der Waals surface area contributed by atoms with Crippen molar-refractivity contribution < 1.29 is 41.4 Å². The van der Waals surface area contributed by atoms with Gasteiger partial charge in [0.25, 0.3) is 5.91 Å². The summed E-state index contributed by atoms with van der Waals surface area (Å²) in [6.07, 6.45) is 0. The molecule has 0 heterocycles. The fourth-order valence-electron chi connectivity index (χ4n) is 2.76. The Hall–Kier alpha value is -4.41. The summed E-state index contributed by atoms with van der Waals surface area (Å²) >= 11 is 0. The maximum atomic E-state index is 13.6. The Morgan fingerprint density at radius 2 is 1.51 bits per heavy atom. The van der Waals surface area contributed by atoms with E-state index in [1.807, 2.05) is 5.32 Å². The zero-order chi connectivity index (χ0) is 25.4. The molecule has 35 heavy (non-hydrogen) atoms. The Morgan fingerprint density at radius 3 is 2.26 bits per heavy atom. The second kappa shape index (κ2) is 11.6. The van der Waals surface area contributed by atoms with Crippen LogP contribution >= 0.6 is 0 Å². The molecule has 0 aliphatic rings. The molecule has 7 nitrogen and oxygen atoms in total. The largest absolute Gasteiger partial charge is 0.488 e. The van der Waals surface area contributed by atoms with Crippen molar-refractivity contribution in [1.29, 1.82) is 0 Å². The average Bonchev–Trinajstić information content (AvgIpc) is 2.86. The summed E-state index contributed by atoms with van der Waals surface area (Å²) in [4.78, 5) is 36.1. The normalized spacial score (nSPS) is 10.4. The number of nitrogens with one attached hydrogen (secondary N) is 2. The Morgan fingerprint density at radius 1 is 0.800 bits per heavy atom. The third kappa shape index (κ3) is 7.03. The van der Waals surface area contributed by atoms with E-state index in [4.69, 9.17) is 9.47 Å². The molecule has 0 atom stereocenters. The highest BCUT2D eigenvalue weighted by molar-refractivity contribution is 5.96. The fourth-order valence-corrected chi connectivity index (χ4v) is 2.76. The molecule has 0 saturated heterocycles. The van der Waals surface area contributed by atoms with Gasteiger partial charge >= 0.3 is 5.97 Å². The minimum atomic E-state index is -1.75. The van der Waals surface area contributed by atoms with Crippen LogP contribution in [0, 0.1) is 23.3 Å². The maximum absolute atomic E-state index is 13.6. The first-order valence-corrected chi connectivity index (χ1v) is 10.1. The lowest BCUT2D eigenvalue weighted by molar-refractivity contribution is -0.126. The van der Waals surface area contributed by atoms with Gasteiger partial charge in [-0.3, -0.25) is 9.59 Å². The van der Waals surface area contributed by atoms with Crippen LogP contribution in [0.3, 0.4) is 0 Å². The molecular formula is C24H18F4N2O5. The van der Waals surface area contributed by atoms with Crippen molar-refractivity contribution in [3.63, 3.8) is 0 Å². The van der Waals surface area contributed by atoms with Gasteiger partial charge in [-0.15, -0.1) is 0 Å². The quantitative estimate of drug-likeness (QED) is 0.271. The number of anilines is 1. The molecule has 2 amide bonds. The van der Waals surface area contributed by atoms with E-state index in [0.717, 1.165) is 6.07 Å². The van der Waals surface area contributed by atoms with Crippen molar-refractivity contribution in [1.82, 2.24) is 5.32 Å². The van der Waals surface area contributed by atoms with Crippen LogP contribution in [0.4, 0.5) is 23.2 Å². The van der Waals surface area contributed by atoms with Crippen molar-refractivity contribution in [2.24, 2.45) is 0 Å². The molecule has 3 rings (SSSR count). The van der Waals surface area contributed by atoms with Crippen LogP contribution in [0.15, 0.2) is 60.7 Å². The van der Waals surface area contributed by atoms with E-state index in [9.17, 15) is 31.9 Å². The number of para-hydroxylation sites is 1. The van der Waals surface area contributed by atoms with Gasteiger partial charge in [0.2, 0.25) is 5.91 Å². The van der Waals surface area contributed by atoms with Gasteiger partial charge in [0.15, 0.2) is 24.1 Å². The number of halogens is 4. The summed E-state index contributed by atoms with van der Waals surface area (Å²) in [6.45, 7) is -1.33. The Labute approximate surface area is 196 Å². The summed E-state index contributed by atoms with van der Waals surface area (Å²) in [7, 11) is 0.